The van der Waals surface area contributed by atoms with Crippen molar-refractivity contribution >= 4 is 0 Å². The first-order chi connectivity index (χ1) is 14.6. The maximum absolute atomic E-state index is 11.2. The molecule has 3 nitrogen and oxygen atoms in total. The van der Waals surface area contributed by atoms with Crippen LogP contribution in [0.25, 0.3) is 11.1 Å². The van der Waals surface area contributed by atoms with Crippen LogP contribution >= 0.6 is 0 Å². The summed E-state index contributed by atoms with van der Waals surface area (Å²) >= 11 is 0. The summed E-state index contributed by atoms with van der Waals surface area (Å²) in [5, 5.41) is 11.2. The van der Waals surface area contributed by atoms with Gasteiger partial charge in [0.2, 0.25) is 0 Å². The van der Waals surface area contributed by atoms with E-state index in [1.807, 2.05) is 6.07 Å². The standard InChI is InChI=1S/C27H31NO2/c1-19(2)22-11-7-8-12-23(22)26-24-18-28(15-13-20-9-5-4-6-10-20)16-14-21(24)17-25(30-3)27(26)29/h4-12,17,19,29H,13-16,18H2,1-3H3. The average Bonchev–Trinajstić information content (AvgIpc) is 2.78. The summed E-state index contributed by atoms with van der Waals surface area (Å²) in [5.74, 6) is 1.20. The number of benzene rings is 3. The summed E-state index contributed by atoms with van der Waals surface area (Å²) in [6, 6.07) is 21.1. The van der Waals surface area contributed by atoms with Crippen LogP contribution in [0.1, 0.15) is 42.0 Å². The number of methoxy groups -OCH3 is 1. The number of fused-ring (bicyclic) bond motifs is 1. The van der Waals surface area contributed by atoms with Gasteiger partial charge in [0.05, 0.1) is 7.11 Å². The summed E-state index contributed by atoms with van der Waals surface area (Å²) in [6.45, 7) is 7.30. The fourth-order valence-electron chi connectivity index (χ4n) is 4.52. The van der Waals surface area contributed by atoms with E-state index in [1.165, 1.54) is 22.3 Å². The second-order valence-electron chi connectivity index (χ2n) is 8.44. The summed E-state index contributed by atoms with van der Waals surface area (Å²) in [6.07, 6.45) is 2.01. The summed E-state index contributed by atoms with van der Waals surface area (Å²) in [4.78, 5) is 2.50. The smallest absolute Gasteiger partial charge is 0.166 e. The molecule has 0 spiro atoms. The van der Waals surface area contributed by atoms with Crippen LogP contribution in [-0.2, 0) is 19.4 Å². The van der Waals surface area contributed by atoms with Crippen molar-refractivity contribution in [3.63, 3.8) is 0 Å². The highest BCUT2D eigenvalue weighted by Crippen LogP contribution is 2.45. The molecule has 3 aromatic carbocycles. The zero-order valence-electron chi connectivity index (χ0n) is 18.2. The van der Waals surface area contributed by atoms with E-state index in [0.717, 1.165) is 43.6 Å². The summed E-state index contributed by atoms with van der Waals surface area (Å²) in [5.41, 5.74) is 7.20. The molecule has 30 heavy (non-hydrogen) atoms. The normalized spacial score (nSPS) is 14.0. The van der Waals surface area contributed by atoms with Gasteiger partial charge in [-0.3, -0.25) is 4.90 Å². The van der Waals surface area contributed by atoms with Gasteiger partial charge in [0, 0.05) is 25.2 Å². The molecule has 0 aliphatic carbocycles. The van der Waals surface area contributed by atoms with E-state index in [4.69, 9.17) is 4.74 Å². The van der Waals surface area contributed by atoms with E-state index in [2.05, 4.69) is 73.3 Å². The number of hydrogen-bond donors (Lipinski definition) is 1. The number of hydrogen-bond acceptors (Lipinski definition) is 3. The SMILES string of the molecule is COc1cc2c(c(-c3ccccc3C(C)C)c1O)CN(CCc1ccccc1)CC2. The molecule has 1 N–H and O–H groups in total. The molecule has 0 amide bonds. The molecule has 0 radical (unpaired) electrons. The molecule has 0 bridgehead atoms. The highest BCUT2D eigenvalue weighted by atomic mass is 16.5. The van der Waals surface area contributed by atoms with Crippen LogP contribution in [0.5, 0.6) is 11.5 Å². The molecular formula is C27H31NO2. The molecule has 3 aromatic rings. The van der Waals surface area contributed by atoms with E-state index in [9.17, 15) is 5.11 Å². The Bertz CT molecular complexity index is 1010. The van der Waals surface area contributed by atoms with Crippen molar-refractivity contribution in [1.29, 1.82) is 0 Å². The molecule has 0 aromatic heterocycles. The van der Waals surface area contributed by atoms with Crippen LogP contribution in [0, 0.1) is 0 Å². The number of nitrogens with zero attached hydrogens (tertiary/aromatic N) is 1. The third-order valence-corrected chi connectivity index (χ3v) is 6.18. The molecule has 1 aliphatic heterocycles. The van der Waals surface area contributed by atoms with Crippen LogP contribution in [0.15, 0.2) is 60.7 Å². The van der Waals surface area contributed by atoms with Crippen molar-refractivity contribution in [2.45, 2.75) is 39.2 Å². The lowest BCUT2D eigenvalue weighted by Crippen LogP contribution is -2.32. The highest BCUT2D eigenvalue weighted by molar-refractivity contribution is 5.81. The van der Waals surface area contributed by atoms with Gasteiger partial charge < -0.3 is 9.84 Å². The Balaban J connectivity index is 1.72. The van der Waals surface area contributed by atoms with Crippen LogP contribution in [-0.4, -0.2) is 30.2 Å². The highest BCUT2D eigenvalue weighted by Gasteiger charge is 2.26. The maximum Gasteiger partial charge on any atom is 0.166 e. The number of phenolic OH excluding ortho intramolecular Hbond substituents is 1. The van der Waals surface area contributed by atoms with Gasteiger partial charge in [0.15, 0.2) is 11.5 Å². The van der Waals surface area contributed by atoms with Crippen LogP contribution in [0.4, 0.5) is 0 Å². The van der Waals surface area contributed by atoms with Gasteiger partial charge in [-0.2, -0.15) is 0 Å². The Kier molecular flexibility index (Phi) is 6.10. The molecular weight excluding hydrogens is 370 g/mol. The van der Waals surface area contributed by atoms with E-state index in [1.54, 1.807) is 7.11 Å². The van der Waals surface area contributed by atoms with Gasteiger partial charge in [-0.1, -0.05) is 68.4 Å². The quantitative estimate of drug-likeness (QED) is 0.567. The van der Waals surface area contributed by atoms with Gasteiger partial charge in [-0.05, 0) is 52.6 Å². The molecule has 1 heterocycles. The molecule has 0 unspecified atom stereocenters. The Morgan fingerprint density at radius 2 is 1.77 bits per heavy atom. The lowest BCUT2D eigenvalue weighted by atomic mass is 9.85. The van der Waals surface area contributed by atoms with Crippen molar-refractivity contribution in [1.82, 2.24) is 4.90 Å². The van der Waals surface area contributed by atoms with Crippen molar-refractivity contribution in [2.24, 2.45) is 0 Å². The zero-order valence-corrected chi connectivity index (χ0v) is 18.2. The fourth-order valence-corrected chi connectivity index (χ4v) is 4.52. The minimum atomic E-state index is 0.259. The van der Waals surface area contributed by atoms with Crippen molar-refractivity contribution in [2.75, 3.05) is 20.2 Å². The van der Waals surface area contributed by atoms with E-state index < -0.39 is 0 Å². The monoisotopic (exact) mass is 401 g/mol. The Morgan fingerprint density at radius 1 is 1.03 bits per heavy atom. The summed E-state index contributed by atoms with van der Waals surface area (Å²) < 4.78 is 5.54. The van der Waals surface area contributed by atoms with Gasteiger partial charge in [0.1, 0.15) is 0 Å². The molecule has 156 valence electrons. The van der Waals surface area contributed by atoms with Gasteiger partial charge >= 0.3 is 0 Å². The molecule has 4 rings (SSSR count). The van der Waals surface area contributed by atoms with Gasteiger partial charge in [0.25, 0.3) is 0 Å². The first-order valence-corrected chi connectivity index (χ1v) is 10.9. The Hall–Kier alpha value is -2.78. The predicted molar refractivity (Wildman–Crippen MR) is 123 cm³/mol. The van der Waals surface area contributed by atoms with Crippen molar-refractivity contribution in [3.8, 4) is 22.6 Å². The van der Waals surface area contributed by atoms with Gasteiger partial charge in [-0.15, -0.1) is 0 Å². The lowest BCUT2D eigenvalue weighted by molar-refractivity contribution is 0.256. The molecule has 0 saturated carbocycles. The molecule has 3 heteroatoms. The first kappa shape index (κ1) is 20.5. The number of aromatic hydroxyl groups is 1. The van der Waals surface area contributed by atoms with Crippen LogP contribution < -0.4 is 4.74 Å². The topological polar surface area (TPSA) is 32.7 Å². The first-order valence-electron chi connectivity index (χ1n) is 10.9. The minimum Gasteiger partial charge on any atom is -0.504 e. The number of ether oxygens (including phenoxy) is 1. The second-order valence-corrected chi connectivity index (χ2v) is 8.44. The largest absolute Gasteiger partial charge is 0.504 e. The van der Waals surface area contributed by atoms with E-state index in [0.29, 0.717) is 11.7 Å². The fraction of sp³-hybridized carbons (Fsp3) is 0.333. The van der Waals surface area contributed by atoms with Crippen molar-refractivity contribution in [3.05, 3.63) is 82.9 Å². The van der Waals surface area contributed by atoms with Crippen molar-refractivity contribution < 1.29 is 9.84 Å². The Labute approximate surface area is 179 Å². The number of phenols is 1. The third kappa shape index (κ3) is 4.08. The number of rotatable bonds is 6. The van der Waals surface area contributed by atoms with E-state index >= 15 is 0 Å². The minimum absolute atomic E-state index is 0.259. The average molecular weight is 402 g/mol. The molecule has 0 saturated heterocycles. The third-order valence-electron chi connectivity index (χ3n) is 6.18. The second kappa shape index (κ2) is 8.93. The Morgan fingerprint density at radius 3 is 2.50 bits per heavy atom. The predicted octanol–water partition coefficient (Wildman–Crippen LogP) is 5.79. The molecule has 1 aliphatic rings. The zero-order chi connectivity index (χ0) is 21.1. The lowest BCUT2D eigenvalue weighted by Gasteiger charge is -2.32. The van der Waals surface area contributed by atoms with E-state index in [-0.39, 0.29) is 5.75 Å². The molecule has 0 fully saturated rings. The van der Waals surface area contributed by atoms with Crippen LogP contribution in [0.2, 0.25) is 0 Å². The maximum atomic E-state index is 11.2. The summed E-state index contributed by atoms with van der Waals surface area (Å²) in [7, 11) is 1.63. The van der Waals surface area contributed by atoms with Crippen LogP contribution in [0.3, 0.4) is 0 Å². The van der Waals surface area contributed by atoms with Gasteiger partial charge in [-0.25, -0.2) is 0 Å². The molecule has 0 atom stereocenters.